The molecule has 1 unspecified atom stereocenters. The van der Waals surface area contributed by atoms with E-state index >= 15 is 0 Å². The first kappa shape index (κ1) is 19.0. The second-order valence-corrected chi connectivity index (χ2v) is 8.31. The van der Waals surface area contributed by atoms with Gasteiger partial charge in [-0.3, -0.25) is 9.89 Å². The molecular weight excluding hydrogens is 352 g/mol. The molecule has 2 aromatic rings. The summed E-state index contributed by atoms with van der Waals surface area (Å²) >= 11 is 0. The average Bonchev–Trinajstić information content (AvgIpc) is 3.43. The maximum atomic E-state index is 13.1. The van der Waals surface area contributed by atoms with Gasteiger partial charge < -0.3 is 9.64 Å². The molecule has 1 saturated carbocycles. The van der Waals surface area contributed by atoms with Crippen LogP contribution in [0.4, 0.5) is 0 Å². The predicted molar refractivity (Wildman–Crippen MR) is 107 cm³/mol. The van der Waals surface area contributed by atoms with Crippen LogP contribution in [-0.2, 0) is 17.6 Å². The van der Waals surface area contributed by atoms with Gasteiger partial charge in [-0.25, -0.2) is 4.98 Å². The van der Waals surface area contributed by atoms with Gasteiger partial charge in [-0.15, -0.1) is 0 Å². The van der Waals surface area contributed by atoms with Gasteiger partial charge in [-0.2, -0.15) is 5.10 Å². The monoisotopic (exact) mass is 382 g/mol. The number of rotatable bonds is 6. The fourth-order valence-corrected chi connectivity index (χ4v) is 4.98. The molecule has 4 rings (SSSR count). The number of carbonyl (C=O) groups is 1. The molecule has 0 bridgehead atoms. The molecule has 1 aliphatic heterocycles. The zero-order valence-corrected chi connectivity index (χ0v) is 16.9. The van der Waals surface area contributed by atoms with Crippen LogP contribution >= 0.6 is 0 Å². The van der Waals surface area contributed by atoms with Crippen molar-refractivity contribution in [3.8, 4) is 5.75 Å². The largest absolute Gasteiger partial charge is 0.497 e. The number of amides is 1. The van der Waals surface area contributed by atoms with Crippen LogP contribution in [0.15, 0.2) is 24.3 Å². The molecule has 6 heteroatoms. The highest BCUT2D eigenvalue weighted by Gasteiger charge is 2.51. The molecule has 2 aliphatic rings. The minimum absolute atomic E-state index is 0.149. The number of H-pyrrole nitrogens is 1. The Morgan fingerprint density at radius 1 is 1.36 bits per heavy atom. The van der Waals surface area contributed by atoms with Crippen molar-refractivity contribution < 1.29 is 9.53 Å². The molecule has 1 aromatic heterocycles. The maximum absolute atomic E-state index is 13.1. The van der Waals surface area contributed by atoms with Crippen LogP contribution in [0.2, 0.25) is 0 Å². The number of aromatic amines is 1. The molecule has 150 valence electrons. The second-order valence-electron chi connectivity index (χ2n) is 8.31. The summed E-state index contributed by atoms with van der Waals surface area (Å²) in [5.41, 5.74) is 1.15. The summed E-state index contributed by atoms with van der Waals surface area (Å²) in [7, 11) is 1.65. The van der Waals surface area contributed by atoms with Gasteiger partial charge in [0.25, 0.3) is 0 Å². The van der Waals surface area contributed by atoms with E-state index in [1.807, 2.05) is 29.2 Å². The van der Waals surface area contributed by atoms with Crippen molar-refractivity contribution in [2.24, 2.45) is 5.41 Å². The van der Waals surface area contributed by atoms with Crippen molar-refractivity contribution in [3.05, 3.63) is 41.5 Å². The number of nitrogens with one attached hydrogen (secondary N) is 1. The smallest absolute Gasteiger partial charge is 0.227 e. The van der Waals surface area contributed by atoms with Crippen molar-refractivity contribution >= 4 is 5.91 Å². The van der Waals surface area contributed by atoms with Gasteiger partial charge >= 0.3 is 0 Å². The molecule has 1 spiro atoms. The lowest BCUT2D eigenvalue weighted by Gasteiger charge is -2.27. The third-order valence-electron chi connectivity index (χ3n) is 6.44. The summed E-state index contributed by atoms with van der Waals surface area (Å²) in [5.74, 6) is 3.09. The number of nitrogens with zero attached hydrogens (tertiary/aromatic N) is 3. The normalized spacial score (nSPS) is 20.8. The van der Waals surface area contributed by atoms with Gasteiger partial charge in [0.1, 0.15) is 11.6 Å². The number of ether oxygens (including phenoxy) is 1. The Hall–Kier alpha value is -2.37. The van der Waals surface area contributed by atoms with Crippen LogP contribution < -0.4 is 4.74 Å². The van der Waals surface area contributed by atoms with Crippen molar-refractivity contribution in [1.82, 2.24) is 20.1 Å². The number of likely N-dealkylation sites (tertiary alicyclic amines) is 1. The first-order chi connectivity index (χ1) is 13.6. The number of hydrogen-bond acceptors (Lipinski definition) is 4. The van der Waals surface area contributed by atoms with Crippen molar-refractivity contribution in [2.45, 2.75) is 57.8 Å². The summed E-state index contributed by atoms with van der Waals surface area (Å²) in [4.78, 5) is 19.9. The molecule has 1 aromatic carbocycles. The molecule has 2 heterocycles. The van der Waals surface area contributed by atoms with Gasteiger partial charge in [0.15, 0.2) is 5.82 Å². The zero-order valence-electron chi connectivity index (χ0n) is 16.9. The number of hydrogen-bond donors (Lipinski definition) is 1. The van der Waals surface area contributed by atoms with Gasteiger partial charge in [0.05, 0.1) is 13.5 Å². The number of aryl methyl sites for hydroxylation is 1. The molecule has 6 nitrogen and oxygen atoms in total. The standard InChI is InChI=1S/C22H30N4O2/c1-3-7-19-23-21(25-24-19)18-14-26(15-22(18)10-4-5-11-22)20(27)13-16-8-6-9-17(12-16)28-2/h6,8-9,12,18H,3-5,7,10-11,13-15H2,1-2H3,(H,23,24,25). The summed E-state index contributed by atoms with van der Waals surface area (Å²) in [5, 5.41) is 7.65. The van der Waals surface area contributed by atoms with Crippen molar-refractivity contribution in [1.29, 1.82) is 0 Å². The molecule has 2 fully saturated rings. The minimum Gasteiger partial charge on any atom is -0.497 e. The summed E-state index contributed by atoms with van der Waals surface area (Å²) in [6.07, 6.45) is 7.19. The molecule has 1 N–H and O–H groups in total. The molecule has 28 heavy (non-hydrogen) atoms. The number of aromatic nitrogens is 3. The van der Waals surface area contributed by atoms with Gasteiger partial charge in [0, 0.05) is 25.4 Å². The molecular formula is C22H30N4O2. The van der Waals surface area contributed by atoms with Crippen LogP contribution in [0.5, 0.6) is 5.75 Å². The van der Waals surface area contributed by atoms with E-state index in [2.05, 4.69) is 17.1 Å². The first-order valence-corrected chi connectivity index (χ1v) is 10.5. The Morgan fingerprint density at radius 3 is 2.93 bits per heavy atom. The van der Waals surface area contributed by atoms with Crippen LogP contribution in [-0.4, -0.2) is 46.2 Å². The molecule has 1 aliphatic carbocycles. The average molecular weight is 383 g/mol. The Labute approximate surface area is 166 Å². The summed E-state index contributed by atoms with van der Waals surface area (Å²) in [6, 6.07) is 7.79. The SMILES string of the molecule is CCCc1nc(C2CN(C(=O)Cc3cccc(OC)c3)CC23CCCC3)n[nH]1. The number of benzene rings is 1. The van der Waals surface area contributed by atoms with E-state index < -0.39 is 0 Å². The van der Waals surface area contributed by atoms with Crippen LogP contribution in [0.3, 0.4) is 0 Å². The van der Waals surface area contributed by atoms with E-state index in [1.165, 1.54) is 12.8 Å². The Balaban J connectivity index is 1.51. The van der Waals surface area contributed by atoms with Crippen LogP contribution in [0.1, 0.15) is 62.2 Å². The Kier molecular flexibility index (Phi) is 5.38. The Bertz CT molecular complexity index is 825. The quantitative estimate of drug-likeness (QED) is 0.830. The first-order valence-electron chi connectivity index (χ1n) is 10.5. The minimum atomic E-state index is 0.149. The zero-order chi connectivity index (χ0) is 19.6. The lowest BCUT2D eigenvalue weighted by Crippen LogP contribution is -2.32. The highest BCUT2D eigenvalue weighted by atomic mass is 16.5. The maximum Gasteiger partial charge on any atom is 0.227 e. The number of carbonyl (C=O) groups excluding carboxylic acids is 1. The van der Waals surface area contributed by atoms with Gasteiger partial charge in [0.2, 0.25) is 5.91 Å². The van der Waals surface area contributed by atoms with E-state index in [1.54, 1.807) is 7.11 Å². The van der Waals surface area contributed by atoms with Crippen molar-refractivity contribution in [3.63, 3.8) is 0 Å². The van der Waals surface area contributed by atoms with E-state index in [9.17, 15) is 4.79 Å². The topological polar surface area (TPSA) is 71.1 Å². The van der Waals surface area contributed by atoms with E-state index in [4.69, 9.17) is 9.72 Å². The lowest BCUT2D eigenvalue weighted by molar-refractivity contribution is -0.129. The van der Waals surface area contributed by atoms with Crippen LogP contribution in [0, 0.1) is 5.41 Å². The van der Waals surface area contributed by atoms with Crippen molar-refractivity contribution in [2.75, 3.05) is 20.2 Å². The predicted octanol–water partition coefficient (Wildman–Crippen LogP) is 3.49. The summed E-state index contributed by atoms with van der Waals surface area (Å²) < 4.78 is 5.29. The third kappa shape index (κ3) is 3.64. The lowest BCUT2D eigenvalue weighted by atomic mass is 9.76. The van der Waals surface area contributed by atoms with E-state index in [-0.39, 0.29) is 17.2 Å². The van der Waals surface area contributed by atoms with E-state index in [0.29, 0.717) is 6.42 Å². The molecule has 1 saturated heterocycles. The molecule has 1 atom stereocenters. The fourth-order valence-electron chi connectivity index (χ4n) is 4.98. The molecule has 0 radical (unpaired) electrons. The van der Waals surface area contributed by atoms with Gasteiger partial charge in [-0.05, 0) is 42.4 Å². The highest BCUT2D eigenvalue weighted by molar-refractivity contribution is 5.79. The van der Waals surface area contributed by atoms with E-state index in [0.717, 1.165) is 61.7 Å². The summed E-state index contributed by atoms with van der Waals surface area (Å²) in [6.45, 7) is 3.71. The highest BCUT2D eigenvalue weighted by Crippen LogP contribution is 2.52. The molecule has 1 amide bonds. The number of methoxy groups -OCH3 is 1. The van der Waals surface area contributed by atoms with Crippen LogP contribution in [0.25, 0.3) is 0 Å². The fraction of sp³-hybridized carbons (Fsp3) is 0.591. The van der Waals surface area contributed by atoms with Gasteiger partial charge in [-0.1, -0.05) is 31.9 Å². The second kappa shape index (κ2) is 7.94. The Morgan fingerprint density at radius 2 is 2.18 bits per heavy atom. The third-order valence-corrected chi connectivity index (χ3v) is 6.44.